The summed E-state index contributed by atoms with van der Waals surface area (Å²) < 4.78 is 38.0. The highest BCUT2D eigenvalue weighted by Crippen LogP contribution is 2.34. The molecule has 2 amide bonds. The Bertz CT molecular complexity index is 1300. The van der Waals surface area contributed by atoms with Crippen molar-refractivity contribution in [1.29, 1.82) is 0 Å². The van der Waals surface area contributed by atoms with E-state index in [-0.39, 0.29) is 0 Å². The van der Waals surface area contributed by atoms with Crippen molar-refractivity contribution in [1.82, 2.24) is 10.6 Å². The molecule has 0 radical (unpaired) electrons. The lowest BCUT2D eigenvalue weighted by atomic mass is 9.94. The minimum atomic E-state index is -2.30. The Labute approximate surface area is 298 Å². The molecule has 0 spiro atoms. The molecule has 4 fully saturated rings. The molecular weight excluding hydrogens is 732 g/mol. The van der Waals surface area contributed by atoms with Crippen LogP contribution in [-0.2, 0) is 52.3 Å². The largest absolute Gasteiger partial charge is 0.479 e. The molecule has 25 nitrogen and oxygen atoms in total. The van der Waals surface area contributed by atoms with Crippen LogP contribution in [0.15, 0.2) is 0 Å². The number of aliphatic carboxylic acids is 2. The molecule has 4 aliphatic rings. The first-order valence-corrected chi connectivity index (χ1v) is 16.1. The Hall–Kier alpha value is -2.80. The minimum absolute atomic E-state index is 0.752. The summed E-state index contributed by atoms with van der Waals surface area (Å²) in [7, 11) is 0. The lowest BCUT2D eigenvalue weighted by Crippen LogP contribution is -2.70. The van der Waals surface area contributed by atoms with Crippen LogP contribution in [0.3, 0.4) is 0 Å². The van der Waals surface area contributed by atoms with E-state index >= 15 is 0 Å². The number of carboxylic acids is 2. The summed E-state index contributed by atoms with van der Waals surface area (Å²) in [6.45, 7) is 0.116. The first-order valence-electron chi connectivity index (χ1n) is 16.1. The molecule has 25 heteroatoms. The molecule has 4 saturated heterocycles. The van der Waals surface area contributed by atoms with Crippen molar-refractivity contribution in [2.24, 2.45) is 0 Å². The van der Waals surface area contributed by atoms with Gasteiger partial charge in [-0.05, 0) is 0 Å². The van der Waals surface area contributed by atoms with Gasteiger partial charge in [-0.15, -0.1) is 0 Å². The van der Waals surface area contributed by atoms with Gasteiger partial charge >= 0.3 is 11.9 Å². The molecule has 0 aliphatic carbocycles. The van der Waals surface area contributed by atoms with E-state index in [1.54, 1.807) is 0 Å². The number of hydrogen-bond donors (Lipinski definition) is 14. The molecule has 14 N–H and O–H groups in total. The molecule has 0 unspecified atom stereocenters. The number of amides is 2. The number of aliphatic hydroxyl groups excluding tert-OH is 10. The van der Waals surface area contributed by atoms with Crippen molar-refractivity contribution in [3.05, 3.63) is 0 Å². The van der Waals surface area contributed by atoms with E-state index in [2.05, 4.69) is 10.6 Å². The number of carboxylic acid groups (broad SMARTS) is 2. The van der Waals surface area contributed by atoms with E-state index in [1.165, 1.54) is 0 Å². The molecule has 20 atom stereocenters. The summed E-state index contributed by atoms with van der Waals surface area (Å²) >= 11 is 0. The highest BCUT2D eigenvalue weighted by atomic mass is 16.8. The number of nitrogens with one attached hydrogen (secondary N) is 2. The molecule has 0 aromatic carbocycles. The van der Waals surface area contributed by atoms with Crippen molar-refractivity contribution >= 4 is 23.8 Å². The average molecular weight is 777 g/mol. The monoisotopic (exact) mass is 776 g/mol. The molecule has 0 bridgehead atoms. The standard InChI is InChI=1S/C28H44N2O23/c1-5(33)29-9-18(11(35)7(3-31)47-25(9)46)49-28-17(41)15(39)20(22(53-28)24(44)45)51-26-10(30-6(2)34)19(12(36)8(4-32)48-26)50-27-16(40)13(37)14(38)21(52-27)23(42)43/h7-22,25-28,31-32,35-41,46H,3-4H2,1-2H3,(H,29,33)(H,30,34)(H,42,43)(H,44,45)/t7-,8-,9-,10-,11-,12+,13+,14-,15-,16-,17-,18-,19-,20+,21+,22+,25-,26+,27-,28-/m1/s1. The Balaban J connectivity index is 1.62. The molecule has 0 saturated carbocycles. The zero-order valence-corrected chi connectivity index (χ0v) is 27.8. The molecular formula is C28H44N2O23. The Morgan fingerprint density at radius 1 is 0.509 bits per heavy atom. The van der Waals surface area contributed by atoms with Gasteiger partial charge in [-0.1, -0.05) is 0 Å². The zero-order valence-electron chi connectivity index (χ0n) is 27.8. The van der Waals surface area contributed by atoms with Crippen LogP contribution in [0.1, 0.15) is 13.8 Å². The van der Waals surface area contributed by atoms with Gasteiger partial charge in [0.2, 0.25) is 11.8 Å². The number of carbonyl (C=O) groups is 4. The topological polar surface area (TPSA) is 400 Å². The van der Waals surface area contributed by atoms with E-state index < -0.39 is 160 Å². The molecule has 4 aliphatic heterocycles. The summed E-state index contributed by atoms with van der Waals surface area (Å²) in [5, 5.41) is 129. The third-order valence-corrected chi connectivity index (χ3v) is 8.94. The number of carbonyl (C=O) groups excluding carboxylic acids is 2. The summed E-state index contributed by atoms with van der Waals surface area (Å²) in [6, 6.07) is -3.38. The van der Waals surface area contributed by atoms with Gasteiger partial charge in [-0.2, -0.15) is 0 Å². The number of rotatable bonds is 12. The Morgan fingerprint density at radius 2 is 0.943 bits per heavy atom. The van der Waals surface area contributed by atoms with E-state index in [1.807, 2.05) is 0 Å². The third kappa shape index (κ3) is 9.19. The second-order valence-electron chi connectivity index (χ2n) is 12.7. The third-order valence-electron chi connectivity index (χ3n) is 8.94. The van der Waals surface area contributed by atoms with Gasteiger partial charge in [0.25, 0.3) is 0 Å². The van der Waals surface area contributed by atoms with Crippen LogP contribution < -0.4 is 10.6 Å². The van der Waals surface area contributed by atoms with Crippen LogP contribution in [0, 0.1) is 0 Å². The normalized spacial score (nSPS) is 46.3. The molecule has 53 heavy (non-hydrogen) atoms. The molecule has 304 valence electrons. The highest BCUT2D eigenvalue weighted by molar-refractivity contribution is 5.74. The smallest absolute Gasteiger partial charge is 0.335 e. The van der Waals surface area contributed by atoms with Crippen LogP contribution in [-0.4, -0.2) is 221 Å². The van der Waals surface area contributed by atoms with Crippen LogP contribution >= 0.6 is 0 Å². The maximum atomic E-state index is 12.5. The van der Waals surface area contributed by atoms with Gasteiger partial charge < -0.3 is 105 Å². The zero-order chi connectivity index (χ0) is 39.6. The fourth-order valence-electron chi connectivity index (χ4n) is 6.30. The van der Waals surface area contributed by atoms with Crippen molar-refractivity contribution in [2.45, 2.75) is 137 Å². The van der Waals surface area contributed by atoms with Crippen LogP contribution in [0.4, 0.5) is 0 Å². The van der Waals surface area contributed by atoms with E-state index in [0.717, 1.165) is 13.8 Å². The predicted octanol–water partition coefficient (Wildman–Crippen LogP) is -9.28. The van der Waals surface area contributed by atoms with E-state index in [0.29, 0.717) is 0 Å². The molecule has 4 heterocycles. The van der Waals surface area contributed by atoms with Crippen molar-refractivity contribution < 1.29 is 114 Å². The van der Waals surface area contributed by atoms with Crippen LogP contribution in [0.25, 0.3) is 0 Å². The average Bonchev–Trinajstić information content (AvgIpc) is 3.08. The van der Waals surface area contributed by atoms with Crippen LogP contribution in [0.2, 0.25) is 0 Å². The van der Waals surface area contributed by atoms with E-state index in [4.69, 9.17) is 33.2 Å². The Morgan fingerprint density at radius 3 is 1.43 bits per heavy atom. The van der Waals surface area contributed by atoms with Crippen molar-refractivity contribution in [3.63, 3.8) is 0 Å². The number of hydrogen-bond acceptors (Lipinski definition) is 21. The van der Waals surface area contributed by atoms with Gasteiger partial charge in [0, 0.05) is 13.8 Å². The number of ether oxygens (including phenoxy) is 7. The molecule has 0 aromatic heterocycles. The fourth-order valence-corrected chi connectivity index (χ4v) is 6.30. The summed E-state index contributed by atoms with van der Waals surface area (Å²) in [5.41, 5.74) is 0. The number of aliphatic hydroxyl groups is 10. The maximum absolute atomic E-state index is 12.5. The summed E-state index contributed by atoms with van der Waals surface area (Å²) in [4.78, 5) is 48.2. The van der Waals surface area contributed by atoms with Gasteiger partial charge in [-0.3, -0.25) is 9.59 Å². The molecule has 4 rings (SSSR count). The first-order chi connectivity index (χ1) is 24.8. The molecule has 0 aromatic rings. The van der Waals surface area contributed by atoms with Crippen molar-refractivity contribution in [3.8, 4) is 0 Å². The van der Waals surface area contributed by atoms with E-state index in [9.17, 15) is 80.5 Å². The predicted molar refractivity (Wildman–Crippen MR) is 158 cm³/mol. The van der Waals surface area contributed by atoms with Gasteiger partial charge in [0.1, 0.15) is 85.3 Å². The Kier molecular flexibility index (Phi) is 14.4. The second kappa shape index (κ2) is 17.8. The highest BCUT2D eigenvalue weighted by Gasteiger charge is 2.57. The second-order valence-corrected chi connectivity index (χ2v) is 12.7. The minimum Gasteiger partial charge on any atom is -0.479 e. The van der Waals surface area contributed by atoms with Crippen molar-refractivity contribution in [2.75, 3.05) is 13.2 Å². The maximum Gasteiger partial charge on any atom is 0.335 e. The van der Waals surface area contributed by atoms with Gasteiger partial charge in [0.05, 0.1) is 13.2 Å². The fraction of sp³-hybridized carbons (Fsp3) is 0.857. The quantitative estimate of drug-likeness (QED) is 0.0875. The van der Waals surface area contributed by atoms with Gasteiger partial charge in [0.15, 0.2) is 37.4 Å². The van der Waals surface area contributed by atoms with Crippen LogP contribution in [0.5, 0.6) is 0 Å². The summed E-state index contributed by atoms with van der Waals surface area (Å²) in [6.07, 6.45) is -36.5. The van der Waals surface area contributed by atoms with Gasteiger partial charge in [-0.25, -0.2) is 9.59 Å². The first kappa shape index (κ1) is 42.9. The lowest BCUT2D eigenvalue weighted by molar-refractivity contribution is -0.368. The summed E-state index contributed by atoms with van der Waals surface area (Å²) in [5.74, 6) is -5.28. The lowest BCUT2D eigenvalue weighted by Gasteiger charge is -2.49. The SMILES string of the molecule is CC(=O)N[C@@H]1[C@@H](O[C@@H]2O[C@H](C(=O)O)[C@@H](O[C@@H]3O[C@H](CO)[C@H](O)[C@H](O[C@@H]4O[C@H](C(=O)O)[C@H](O)[C@H](O)[C@H]4O)[C@H]3NC(C)=O)[C@H](O)[C@H]2O)[C@H](O)[C@@H](CO)O[C@H]1O.